The van der Waals surface area contributed by atoms with Gasteiger partial charge in [-0.2, -0.15) is 0 Å². The molecule has 5 aromatic rings. The van der Waals surface area contributed by atoms with Crippen LogP contribution < -0.4 is 15.2 Å². The zero-order valence-corrected chi connectivity index (χ0v) is 24.5. The van der Waals surface area contributed by atoms with E-state index in [0.717, 1.165) is 33.7 Å². The van der Waals surface area contributed by atoms with E-state index in [-0.39, 0.29) is 23.0 Å². The van der Waals surface area contributed by atoms with E-state index in [4.69, 9.17) is 4.42 Å². The van der Waals surface area contributed by atoms with Crippen molar-refractivity contribution in [2.45, 2.75) is 52.6 Å². The predicted octanol–water partition coefficient (Wildman–Crippen LogP) is 5.97. The average Bonchev–Trinajstić information content (AvgIpc) is 3.60. The Balaban J connectivity index is 1.55. The topological polar surface area (TPSA) is 96.6 Å². The fourth-order valence-electron chi connectivity index (χ4n) is 6.22. The number of rotatable bonds is 5. The Morgan fingerprint density at radius 1 is 0.929 bits per heavy atom. The van der Waals surface area contributed by atoms with Gasteiger partial charge < -0.3 is 9.32 Å². The lowest BCUT2D eigenvalue weighted by atomic mass is 9.84. The van der Waals surface area contributed by atoms with Gasteiger partial charge in [-0.3, -0.25) is 19.3 Å². The van der Waals surface area contributed by atoms with E-state index in [1.165, 1.54) is 16.2 Å². The van der Waals surface area contributed by atoms with Crippen LogP contribution >= 0.6 is 11.3 Å². The Hall–Kier alpha value is -4.63. The molecular weight excluding hydrogens is 548 g/mol. The van der Waals surface area contributed by atoms with Crippen molar-refractivity contribution in [3.63, 3.8) is 0 Å². The third-order valence-corrected chi connectivity index (χ3v) is 9.24. The number of carbonyl (C=O) groups excluding carboxylic acids is 2. The first kappa shape index (κ1) is 26.3. The van der Waals surface area contributed by atoms with Gasteiger partial charge in [0.05, 0.1) is 23.2 Å². The Kier molecular flexibility index (Phi) is 5.92. The highest BCUT2D eigenvalue weighted by Crippen LogP contribution is 2.54. The Morgan fingerprint density at radius 2 is 1.71 bits per heavy atom. The van der Waals surface area contributed by atoms with Crippen LogP contribution in [-0.2, 0) is 23.3 Å². The third-order valence-electron chi connectivity index (χ3n) is 8.28. The molecular formula is C33H28N4O4S. The zero-order chi connectivity index (χ0) is 29.3. The van der Waals surface area contributed by atoms with Crippen LogP contribution in [0.2, 0.25) is 0 Å². The van der Waals surface area contributed by atoms with Crippen molar-refractivity contribution in [2.75, 3.05) is 9.80 Å². The standard InChI is InChI=1S/C33H28N4O4S/c1-5-9-26-34-35-32(42-26)37-30(39)29-27(28(38)22-15-19(3)20(4)16-25(22)41-29)33(37)23-12-6-7-13-24(23)36(31(33)40)17-21-11-8-10-18(2)14-21/h6-8,10-16H,5,9,17H2,1-4H3. The monoisotopic (exact) mass is 576 g/mol. The minimum atomic E-state index is -1.79. The summed E-state index contributed by atoms with van der Waals surface area (Å²) in [5, 5.41) is 10.0. The molecule has 4 heterocycles. The summed E-state index contributed by atoms with van der Waals surface area (Å²) in [6.07, 6.45) is 1.54. The number of para-hydroxylation sites is 1. The van der Waals surface area contributed by atoms with Crippen molar-refractivity contribution in [2.24, 2.45) is 0 Å². The van der Waals surface area contributed by atoms with Crippen molar-refractivity contribution in [1.82, 2.24) is 10.2 Å². The summed E-state index contributed by atoms with van der Waals surface area (Å²) in [6, 6.07) is 18.9. The van der Waals surface area contributed by atoms with Crippen molar-refractivity contribution in [1.29, 1.82) is 0 Å². The second-order valence-corrected chi connectivity index (χ2v) is 12.1. The molecule has 0 fully saturated rings. The van der Waals surface area contributed by atoms with Gasteiger partial charge in [-0.1, -0.05) is 66.3 Å². The van der Waals surface area contributed by atoms with Crippen LogP contribution in [0, 0.1) is 20.8 Å². The van der Waals surface area contributed by atoms with Gasteiger partial charge in [0, 0.05) is 12.0 Å². The summed E-state index contributed by atoms with van der Waals surface area (Å²) < 4.78 is 6.25. The highest BCUT2D eigenvalue weighted by molar-refractivity contribution is 7.15. The zero-order valence-electron chi connectivity index (χ0n) is 23.7. The van der Waals surface area contributed by atoms with E-state index >= 15 is 4.79 Å². The van der Waals surface area contributed by atoms with E-state index in [2.05, 4.69) is 10.2 Å². The van der Waals surface area contributed by atoms with E-state index in [1.807, 2.05) is 76.2 Å². The average molecular weight is 577 g/mol. The van der Waals surface area contributed by atoms with E-state index in [1.54, 1.807) is 17.0 Å². The molecule has 9 heteroatoms. The van der Waals surface area contributed by atoms with Gasteiger partial charge in [0.2, 0.25) is 10.9 Å². The summed E-state index contributed by atoms with van der Waals surface area (Å²) in [7, 11) is 0. The minimum absolute atomic E-state index is 0.0275. The third kappa shape index (κ3) is 3.56. The van der Waals surface area contributed by atoms with Crippen LogP contribution in [0.3, 0.4) is 0 Å². The number of carbonyl (C=O) groups is 2. The first-order chi connectivity index (χ1) is 20.2. The number of amides is 2. The maximum atomic E-state index is 15.0. The first-order valence-electron chi connectivity index (χ1n) is 14.0. The molecule has 0 aliphatic carbocycles. The second-order valence-electron chi connectivity index (χ2n) is 11.0. The van der Waals surface area contributed by atoms with Gasteiger partial charge in [0.15, 0.2) is 11.0 Å². The van der Waals surface area contributed by atoms with Gasteiger partial charge in [-0.15, -0.1) is 10.2 Å². The number of nitrogens with zero attached hydrogens (tertiary/aromatic N) is 4. The molecule has 0 N–H and O–H groups in total. The molecule has 2 aliphatic rings. The van der Waals surface area contributed by atoms with Crippen molar-refractivity contribution in [3.05, 3.63) is 115 Å². The number of benzene rings is 3. The molecule has 0 saturated carbocycles. The normalized spacial score (nSPS) is 17.5. The fraction of sp³-hybridized carbons (Fsp3) is 0.242. The Bertz CT molecular complexity index is 2010. The predicted molar refractivity (Wildman–Crippen MR) is 162 cm³/mol. The lowest BCUT2D eigenvalue weighted by Gasteiger charge is -2.32. The molecule has 0 bridgehead atoms. The minimum Gasteiger partial charge on any atom is -0.450 e. The van der Waals surface area contributed by atoms with Crippen molar-refractivity contribution >= 4 is 44.9 Å². The lowest BCUT2D eigenvalue weighted by Crippen LogP contribution is -2.53. The number of fused-ring (bicyclic) bond motifs is 5. The summed E-state index contributed by atoms with van der Waals surface area (Å²) in [5.41, 5.74) is 3.17. The van der Waals surface area contributed by atoms with Crippen LogP contribution in [0.1, 0.15) is 62.3 Å². The van der Waals surface area contributed by atoms with Gasteiger partial charge >= 0.3 is 0 Å². The number of aromatic nitrogens is 2. The molecule has 0 radical (unpaired) electrons. The number of hydrogen-bond donors (Lipinski definition) is 0. The molecule has 1 spiro atoms. The fourth-order valence-corrected chi connectivity index (χ4v) is 7.21. The SMILES string of the molecule is CCCc1nnc(N2C(=O)c3oc4cc(C)c(C)cc4c(=O)c3C23C(=O)N(Cc2cccc(C)c2)c2ccccc23)s1. The van der Waals surface area contributed by atoms with Gasteiger partial charge in [-0.05, 0) is 62.1 Å². The second kappa shape index (κ2) is 9.46. The Morgan fingerprint density at radius 3 is 2.50 bits per heavy atom. The van der Waals surface area contributed by atoms with Crippen LogP contribution in [0.5, 0.6) is 0 Å². The van der Waals surface area contributed by atoms with E-state index < -0.39 is 22.8 Å². The molecule has 0 saturated heterocycles. The van der Waals surface area contributed by atoms with Crippen LogP contribution in [0.25, 0.3) is 11.0 Å². The molecule has 7 rings (SSSR count). The van der Waals surface area contributed by atoms with Crippen molar-refractivity contribution in [3.8, 4) is 0 Å². The number of hydrogen-bond acceptors (Lipinski definition) is 7. The quantitative estimate of drug-likeness (QED) is 0.256. The van der Waals surface area contributed by atoms with Crippen LogP contribution in [-0.4, -0.2) is 22.0 Å². The molecule has 8 nitrogen and oxygen atoms in total. The van der Waals surface area contributed by atoms with Crippen molar-refractivity contribution < 1.29 is 14.0 Å². The van der Waals surface area contributed by atoms with Gasteiger partial charge in [0.25, 0.3) is 11.8 Å². The largest absolute Gasteiger partial charge is 0.450 e. The summed E-state index contributed by atoms with van der Waals surface area (Å²) in [4.78, 5) is 46.9. The number of aryl methyl sites for hydroxylation is 4. The van der Waals surface area contributed by atoms with Gasteiger partial charge in [0.1, 0.15) is 10.6 Å². The number of anilines is 2. The highest BCUT2D eigenvalue weighted by atomic mass is 32.1. The molecule has 210 valence electrons. The summed E-state index contributed by atoms with van der Waals surface area (Å²) >= 11 is 1.26. The summed E-state index contributed by atoms with van der Waals surface area (Å²) in [5.74, 6) is -1.12. The molecule has 2 aliphatic heterocycles. The van der Waals surface area contributed by atoms with Crippen LogP contribution in [0.4, 0.5) is 10.8 Å². The molecule has 3 aromatic carbocycles. The molecule has 42 heavy (non-hydrogen) atoms. The lowest BCUT2D eigenvalue weighted by molar-refractivity contribution is -0.121. The van der Waals surface area contributed by atoms with Gasteiger partial charge in [-0.25, -0.2) is 0 Å². The summed E-state index contributed by atoms with van der Waals surface area (Å²) in [6.45, 7) is 8.16. The smallest absolute Gasteiger partial charge is 0.297 e. The molecule has 1 atom stereocenters. The van der Waals surface area contributed by atoms with E-state index in [0.29, 0.717) is 28.6 Å². The maximum Gasteiger partial charge on any atom is 0.297 e. The molecule has 2 aromatic heterocycles. The molecule has 1 unspecified atom stereocenters. The van der Waals surface area contributed by atoms with E-state index in [9.17, 15) is 9.59 Å². The highest BCUT2D eigenvalue weighted by Gasteiger charge is 2.66. The van der Waals surface area contributed by atoms with Crippen LogP contribution in [0.15, 0.2) is 69.9 Å². The first-order valence-corrected chi connectivity index (χ1v) is 14.8. The maximum absolute atomic E-state index is 15.0. The Labute approximate surface area is 246 Å². The molecule has 2 amide bonds.